The molecule has 0 aromatic carbocycles. The number of carbonyl (C=O) groups excluding carboxylic acids is 1. The van der Waals surface area contributed by atoms with Crippen LogP contribution in [-0.4, -0.2) is 30.8 Å². The normalized spacial score (nSPS) is 12.3. The summed E-state index contributed by atoms with van der Waals surface area (Å²) in [5.41, 5.74) is 0. The van der Waals surface area contributed by atoms with Crippen molar-refractivity contribution in [1.29, 1.82) is 0 Å². The maximum absolute atomic E-state index is 10.8. The quantitative estimate of drug-likeness (QED) is 0.539. The van der Waals surface area contributed by atoms with E-state index in [1.54, 1.807) is 0 Å². The number of aliphatic hydroxyl groups excluding tert-OH is 1. The van der Waals surface area contributed by atoms with Gasteiger partial charge in [0.05, 0.1) is 0 Å². The Kier molecular flexibility index (Phi) is 5.56. The number of hydrogen-bond donors (Lipinski definition) is 3. The van der Waals surface area contributed by atoms with Gasteiger partial charge in [-0.25, -0.2) is 4.79 Å². The van der Waals surface area contributed by atoms with Crippen molar-refractivity contribution in [3.8, 4) is 0 Å². The molecule has 1 unspecified atom stereocenters. The lowest BCUT2D eigenvalue weighted by Crippen LogP contribution is -2.38. The molecule has 1 atom stereocenters. The van der Waals surface area contributed by atoms with E-state index in [1.165, 1.54) is 0 Å². The van der Waals surface area contributed by atoms with E-state index in [1.807, 2.05) is 13.8 Å². The Morgan fingerprint density at radius 2 is 2.18 bits per heavy atom. The summed E-state index contributed by atoms with van der Waals surface area (Å²) in [6.45, 7) is 4.97. The van der Waals surface area contributed by atoms with Gasteiger partial charge in [-0.05, 0) is 12.8 Å². The largest absolute Gasteiger partial charge is 0.396 e. The molecule has 0 bridgehead atoms. The fourth-order valence-electron chi connectivity index (χ4n) is 0.555. The van der Waals surface area contributed by atoms with Crippen LogP contribution in [0.4, 0.5) is 4.79 Å². The Balaban J connectivity index is 3.30. The van der Waals surface area contributed by atoms with E-state index in [0.29, 0.717) is 13.1 Å². The average molecular weight is 160 g/mol. The van der Waals surface area contributed by atoms with E-state index in [0.717, 1.165) is 0 Å². The van der Waals surface area contributed by atoms with Crippen LogP contribution < -0.4 is 10.6 Å². The van der Waals surface area contributed by atoms with E-state index in [2.05, 4.69) is 10.6 Å². The van der Waals surface area contributed by atoms with Crippen molar-refractivity contribution in [2.45, 2.75) is 13.8 Å². The Bertz CT molecular complexity index is 117. The maximum Gasteiger partial charge on any atom is 0.314 e. The molecule has 66 valence electrons. The highest BCUT2D eigenvalue weighted by Gasteiger charge is 2.01. The summed E-state index contributed by atoms with van der Waals surface area (Å²) in [4.78, 5) is 10.8. The molecule has 0 saturated carbocycles. The summed E-state index contributed by atoms with van der Waals surface area (Å²) in [6.07, 6.45) is 0. The van der Waals surface area contributed by atoms with Crippen LogP contribution in [-0.2, 0) is 0 Å². The van der Waals surface area contributed by atoms with Crippen LogP contribution in [0.15, 0.2) is 0 Å². The molecule has 0 heterocycles. The zero-order chi connectivity index (χ0) is 8.69. The summed E-state index contributed by atoms with van der Waals surface area (Å²) in [5, 5.41) is 13.8. The molecule has 3 N–H and O–H groups in total. The van der Waals surface area contributed by atoms with Crippen molar-refractivity contribution >= 4 is 6.03 Å². The highest BCUT2D eigenvalue weighted by molar-refractivity contribution is 5.73. The lowest BCUT2D eigenvalue weighted by molar-refractivity contribution is 0.222. The van der Waals surface area contributed by atoms with E-state index in [4.69, 9.17) is 5.11 Å². The van der Waals surface area contributed by atoms with Crippen LogP contribution in [0, 0.1) is 5.92 Å². The average Bonchev–Trinajstić information content (AvgIpc) is 2.01. The smallest absolute Gasteiger partial charge is 0.314 e. The predicted octanol–water partition coefficient (Wildman–Crippen LogP) is -0.0661. The van der Waals surface area contributed by atoms with Gasteiger partial charge in [-0.1, -0.05) is 6.92 Å². The van der Waals surface area contributed by atoms with Crippen LogP contribution in [0.1, 0.15) is 13.8 Å². The topological polar surface area (TPSA) is 61.4 Å². The zero-order valence-electron chi connectivity index (χ0n) is 7.05. The molecule has 0 aliphatic carbocycles. The van der Waals surface area contributed by atoms with Gasteiger partial charge < -0.3 is 15.7 Å². The lowest BCUT2D eigenvalue weighted by atomic mass is 10.2. The Morgan fingerprint density at radius 1 is 1.55 bits per heavy atom. The van der Waals surface area contributed by atoms with Crippen LogP contribution in [0.25, 0.3) is 0 Å². The maximum atomic E-state index is 10.8. The summed E-state index contributed by atoms with van der Waals surface area (Å²) >= 11 is 0. The van der Waals surface area contributed by atoms with E-state index < -0.39 is 0 Å². The summed E-state index contributed by atoms with van der Waals surface area (Å²) in [5.74, 6) is 0.123. The molecule has 0 aromatic rings. The number of nitrogens with one attached hydrogen (secondary N) is 2. The minimum Gasteiger partial charge on any atom is -0.396 e. The summed E-state index contributed by atoms with van der Waals surface area (Å²) in [6, 6.07) is -0.173. The Morgan fingerprint density at radius 3 is 2.64 bits per heavy atom. The first-order valence-electron chi connectivity index (χ1n) is 3.83. The fraction of sp³-hybridized carbons (Fsp3) is 0.857. The highest BCUT2D eigenvalue weighted by Crippen LogP contribution is 1.87. The Hall–Kier alpha value is -0.770. The van der Waals surface area contributed by atoms with E-state index in [9.17, 15) is 4.79 Å². The standard InChI is InChI=1S/C7H16N2O2/c1-3-8-7(11)9-4-6(2)5-10/h6,10H,3-5H2,1-2H3,(H2,8,9,11). The first-order chi connectivity index (χ1) is 5.20. The molecule has 4 heteroatoms. The number of urea groups is 1. The number of carbonyl (C=O) groups is 1. The fourth-order valence-corrected chi connectivity index (χ4v) is 0.555. The van der Waals surface area contributed by atoms with Crippen molar-refractivity contribution in [2.75, 3.05) is 19.7 Å². The molecular weight excluding hydrogens is 144 g/mol. The molecule has 0 aromatic heterocycles. The van der Waals surface area contributed by atoms with Crippen LogP contribution >= 0.6 is 0 Å². The van der Waals surface area contributed by atoms with Gasteiger partial charge >= 0.3 is 6.03 Å². The van der Waals surface area contributed by atoms with Gasteiger partial charge in [0.2, 0.25) is 0 Å². The first-order valence-corrected chi connectivity index (χ1v) is 3.83. The van der Waals surface area contributed by atoms with E-state index >= 15 is 0 Å². The molecule has 0 aliphatic rings. The molecule has 0 saturated heterocycles. The number of hydrogen-bond acceptors (Lipinski definition) is 2. The van der Waals surface area contributed by atoms with Crippen LogP contribution in [0.2, 0.25) is 0 Å². The third kappa shape index (κ3) is 5.66. The van der Waals surface area contributed by atoms with Crippen LogP contribution in [0.3, 0.4) is 0 Å². The first kappa shape index (κ1) is 10.2. The molecule has 0 spiro atoms. The van der Waals surface area contributed by atoms with Crippen molar-refractivity contribution in [2.24, 2.45) is 5.92 Å². The third-order valence-corrected chi connectivity index (χ3v) is 1.26. The lowest BCUT2D eigenvalue weighted by Gasteiger charge is -2.09. The van der Waals surface area contributed by atoms with Crippen LogP contribution in [0.5, 0.6) is 0 Å². The number of aliphatic hydroxyl groups is 1. The van der Waals surface area contributed by atoms with Crippen molar-refractivity contribution < 1.29 is 9.90 Å². The second kappa shape index (κ2) is 5.97. The Labute approximate surface area is 67.0 Å². The molecule has 2 amide bonds. The van der Waals surface area contributed by atoms with E-state index in [-0.39, 0.29) is 18.6 Å². The SMILES string of the molecule is CCNC(=O)NCC(C)CO. The van der Waals surface area contributed by atoms with Gasteiger partial charge in [0, 0.05) is 19.7 Å². The monoisotopic (exact) mass is 160 g/mol. The summed E-state index contributed by atoms with van der Waals surface area (Å²) < 4.78 is 0. The molecule has 0 fully saturated rings. The molecule has 0 radical (unpaired) electrons. The number of amides is 2. The second-order valence-electron chi connectivity index (χ2n) is 2.53. The highest BCUT2D eigenvalue weighted by atomic mass is 16.3. The number of rotatable bonds is 4. The molecular formula is C7H16N2O2. The predicted molar refractivity (Wildman–Crippen MR) is 43.3 cm³/mol. The van der Waals surface area contributed by atoms with Gasteiger partial charge in [-0.3, -0.25) is 0 Å². The van der Waals surface area contributed by atoms with Gasteiger partial charge in [0.15, 0.2) is 0 Å². The van der Waals surface area contributed by atoms with Gasteiger partial charge in [0.1, 0.15) is 0 Å². The molecule has 0 aliphatic heterocycles. The molecule has 11 heavy (non-hydrogen) atoms. The molecule has 4 nitrogen and oxygen atoms in total. The van der Waals surface area contributed by atoms with Crippen molar-refractivity contribution in [1.82, 2.24) is 10.6 Å². The van der Waals surface area contributed by atoms with Gasteiger partial charge in [-0.2, -0.15) is 0 Å². The summed E-state index contributed by atoms with van der Waals surface area (Å²) in [7, 11) is 0. The second-order valence-corrected chi connectivity index (χ2v) is 2.53. The third-order valence-electron chi connectivity index (χ3n) is 1.26. The minimum absolute atomic E-state index is 0.104. The van der Waals surface area contributed by atoms with Crippen molar-refractivity contribution in [3.63, 3.8) is 0 Å². The molecule has 0 rings (SSSR count). The zero-order valence-corrected chi connectivity index (χ0v) is 7.05. The minimum atomic E-state index is -0.173. The van der Waals surface area contributed by atoms with Gasteiger partial charge in [-0.15, -0.1) is 0 Å². The van der Waals surface area contributed by atoms with Gasteiger partial charge in [0.25, 0.3) is 0 Å². The van der Waals surface area contributed by atoms with Crippen molar-refractivity contribution in [3.05, 3.63) is 0 Å².